The van der Waals surface area contributed by atoms with Crippen molar-refractivity contribution in [3.8, 4) is 0 Å². The molecular formula is C13H17BCl3NO2. The second-order valence-corrected chi connectivity index (χ2v) is 7.10. The van der Waals surface area contributed by atoms with Gasteiger partial charge in [0.15, 0.2) is 0 Å². The number of rotatable bonds is 2. The average Bonchev–Trinajstić information content (AvgIpc) is 2.54. The molecule has 1 aliphatic heterocycles. The SMILES string of the molecule is CC1(C)OB([C@H](N)c2c(Cl)ccc(Cl)c2Cl)OC1(C)C. The predicted molar refractivity (Wildman–Crippen MR) is 84.5 cm³/mol. The van der Waals surface area contributed by atoms with Gasteiger partial charge in [-0.2, -0.15) is 0 Å². The third-order valence-corrected chi connectivity index (χ3v) is 5.13. The molecule has 3 nitrogen and oxygen atoms in total. The molecule has 0 aliphatic carbocycles. The van der Waals surface area contributed by atoms with Gasteiger partial charge >= 0.3 is 7.12 Å². The maximum Gasteiger partial charge on any atom is 0.480 e. The van der Waals surface area contributed by atoms with E-state index in [9.17, 15) is 0 Å². The number of benzene rings is 1. The maximum absolute atomic E-state index is 6.24. The Morgan fingerprint density at radius 1 is 1.00 bits per heavy atom. The maximum atomic E-state index is 6.24. The van der Waals surface area contributed by atoms with Crippen molar-refractivity contribution >= 4 is 41.9 Å². The molecule has 1 saturated heterocycles. The highest BCUT2D eigenvalue weighted by Crippen LogP contribution is 2.42. The molecule has 0 saturated carbocycles. The van der Waals surface area contributed by atoms with Crippen molar-refractivity contribution in [1.82, 2.24) is 0 Å². The molecule has 1 aromatic rings. The van der Waals surface area contributed by atoms with E-state index in [0.717, 1.165) is 0 Å². The van der Waals surface area contributed by atoms with Crippen molar-refractivity contribution in [2.45, 2.75) is 44.8 Å². The van der Waals surface area contributed by atoms with E-state index in [1.165, 1.54) is 0 Å². The third kappa shape index (κ3) is 2.70. The van der Waals surface area contributed by atoms with Gasteiger partial charge in [0.25, 0.3) is 0 Å². The van der Waals surface area contributed by atoms with Gasteiger partial charge in [0.2, 0.25) is 0 Å². The van der Waals surface area contributed by atoms with Gasteiger partial charge in [0, 0.05) is 10.6 Å². The molecule has 2 N–H and O–H groups in total. The highest BCUT2D eigenvalue weighted by Gasteiger charge is 2.53. The van der Waals surface area contributed by atoms with Crippen LogP contribution in [-0.2, 0) is 9.31 Å². The van der Waals surface area contributed by atoms with E-state index in [4.69, 9.17) is 49.8 Å². The van der Waals surface area contributed by atoms with Gasteiger partial charge in [-0.3, -0.25) is 0 Å². The molecule has 1 atom stereocenters. The summed E-state index contributed by atoms with van der Waals surface area (Å²) in [6.07, 6.45) is 0. The number of hydrogen-bond donors (Lipinski definition) is 1. The van der Waals surface area contributed by atoms with E-state index < -0.39 is 24.3 Å². The molecule has 1 aliphatic rings. The Labute approximate surface area is 134 Å². The van der Waals surface area contributed by atoms with Crippen LogP contribution in [-0.4, -0.2) is 18.3 Å². The lowest BCUT2D eigenvalue weighted by Gasteiger charge is -2.32. The molecule has 7 heteroatoms. The molecular weight excluding hydrogens is 319 g/mol. The zero-order valence-electron chi connectivity index (χ0n) is 11.8. The molecule has 1 heterocycles. The molecule has 1 fully saturated rings. The molecule has 0 amide bonds. The Bertz CT molecular complexity index is 521. The number of halogens is 3. The zero-order valence-corrected chi connectivity index (χ0v) is 14.1. The molecule has 0 radical (unpaired) electrons. The summed E-state index contributed by atoms with van der Waals surface area (Å²) < 4.78 is 11.8. The first-order valence-corrected chi connectivity index (χ1v) is 7.45. The fourth-order valence-electron chi connectivity index (χ4n) is 2.02. The van der Waals surface area contributed by atoms with Crippen molar-refractivity contribution < 1.29 is 9.31 Å². The summed E-state index contributed by atoms with van der Waals surface area (Å²) in [5.74, 6) is -0.616. The van der Waals surface area contributed by atoms with E-state index in [-0.39, 0.29) is 0 Å². The summed E-state index contributed by atoms with van der Waals surface area (Å²) >= 11 is 18.4. The molecule has 0 aromatic heterocycles. The quantitative estimate of drug-likeness (QED) is 0.648. The highest BCUT2D eigenvalue weighted by atomic mass is 35.5. The summed E-state index contributed by atoms with van der Waals surface area (Å²) in [7, 11) is -0.631. The van der Waals surface area contributed by atoms with Crippen LogP contribution >= 0.6 is 34.8 Å². The largest absolute Gasteiger partial charge is 0.480 e. The van der Waals surface area contributed by atoms with Gasteiger partial charge in [-0.25, -0.2) is 0 Å². The molecule has 0 bridgehead atoms. The molecule has 2 rings (SSSR count). The van der Waals surface area contributed by atoms with Crippen LogP contribution < -0.4 is 5.73 Å². The first-order chi connectivity index (χ1) is 9.07. The van der Waals surface area contributed by atoms with Crippen molar-refractivity contribution in [2.24, 2.45) is 5.73 Å². The van der Waals surface area contributed by atoms with Crippen molar-refractivity contribution in [1.29, 1.82) is 0 Å². The third-order valence-electron chi connectivity index (χ3n) is 3.98. The lowest BCUT2D eigenvalue weighted by atomic mass is 9.75. The lowest BCUT2D eigenvalue weighted by Crippen LogP contribution is -2.41. The first kappa shape index (κ1) is 16.4. The first-order valence-electron chi connectivity index (χ1n) is 6.31. The van der Waals surface area contributed by atoms with Gasteiger partial charge in [-0.1, -0.05) is 34.8 Å². The molecule has 0 spiro atoms. The minimum absolute atomic E-state index is 0.335. The second kappa shape index (κ2) is 5.34. The minimum Gasteiger partial charge on any atom is -0.402 e. The summed E-state index contributed by atoms with van der Waals surface area (Å²) in [6, 6.07) is 3.29. The average molecular weight is 336 g/mol. The van der Waals surface area contributed by atoms with Gasteiger partial charge < -0.3 is 15.0 Å². The molecule has 0 unspecified atom stereocenters. The van der Waals surface area contributed by atoms with E-state index in [1.54, 1.807) is 12.1 Å². The fraction of sp³-hybridized carbons (Fsp3) is 0.538. The molecule has 110 valence electrons. The Balaban J connectivity index is 2.35. The zero-order chi connectivity index (χ0) is 15.3. The van der Waals surface area contributed by atoms with Crippen LogP contribution in [0.2, 0.25) is 15.1 Å². The second-order valence-electron chi connectivity index (χ2n) is 5.91. The Morgan fingerprint density at radius 3 is 1.95 bits per heavy atom. The van der Waals surface area contributed by atoms with Gasteiger partial charge in [0.1, 0.15) is 0 Å². The normalized spacial score (nSPS) is 22.1. The number of nitrogens with two attached hydrogens (primary N) is 1. The highest BCUT2D eigenvalue weighted by molar-refractivity contribution is 6.50. The van der Waals surface area contributed by atoms with Crippen LogP contribution in [0, 0.1) is 0 Å². The van der Waals surface area contributed by atoms with E-state index >= 15 is 0 Å². The van der Waals surface area contributed by atoms with Crippen molar-refractivity contribution in [2.75, 3.05) is 0 Å². The predicted octanol–water partition coefficient (Wildman–Crippen LogP) is 4.28. The lowest BCUT2D eigenvalue weighted by molar-refractivity contribution is 0.00578. The van der Waals surface area contributed by atoms with Crippen LogP contribution in [0.25, 0.3) is 0 Å². The molecule has 20 heavy (non-hydrogen) atoms. The van der Waals surface area contributed by atoms with Crippen LogP contribution in [0.1, 0.15) is 39.2 Å². The van der Waals surface area contributed by atoms with Gasteiger partial charge in [-0.05, 0) is 39.8 Å². The minimum atomic E-state index is -0.631. The van der Waals surface area contributed by atoms with E-state index in [1.807, 2.05) is 27.7 Å². The summed E-state index contributed by atoms with van der Waals surface area (Å²) in [5.41, 5.74) is 5.85. The van der Waals surface area contributed by atoms with Gasteiger partial charge in [-0.15, -0.1) is 0 Å². The topological polar surface area (TPSA) is 44.5 Å². The van der Waals surface area contributed by atoms with Gasteiger partial charge in [0.05, 0.1) is 27.2 Å². The summed E-state index contributed by atoms with van der Waals surface area (Å²) in [6.45, 7) is 7.84. The van der Waals surface area contributed by atoms with Crippen molar-refractivity contribution in [3.05, 3.63) is 32.8 Å². The van der Waals surface area contributed by atoms with E-state index in [2.05, 4.69) is 0 Å². The van der Waals surface area contributed by atoms with Crippen LogP contribution in [0.15, 0.2) is 12.1 Å². The summed E-state index contributed by atoms with van der Waals surface area (Å²) in [4.78, 5) is 0. The monoisotopic (exact) mass is 335 g/mol. The van der Waals surface area contributed by atoms with E-state index in [0.29, 0.717) is 20.6 Å². The van der Waals surface area contributed by atoms with Crippen LogP contribution in [0.3, 0.4) is 0 Å². The van der Waals surface area contributed by atoms with Crippen LogP contribution in [0.4, 0.5) is 0 Å². The fourth-order valence-corrected chi connectivity index (χ4v) is 2.81. The van der Waals surface area contributed by atoms with Crippen molar-refractivity contribution in [3.63, 3.8) is 0 Å². The standard InChI is InChI=1S/C13H17BCl3NO2/c1-12(2)13(3,4)20-14(19-12)11(18)9-7(15)5-6-8(16)10(9)17/h5-6,11H,18H2,1-4H3/t11-/m1/s1. The van der Waals surface area contributed by atoms with Crippen LogP contribution in [0.5, 0.6) is 0 Å². The smallest absolute Gasteiger partial charge is 0.402 e. The Kier molecular flexibility index (Phi) is 4.38. The number of hydrogen-bond acceptors (Lipinski definition) is 3. The summed E-state index contributed by atoms with van der Waals surface area (Å²) in [5, 5.41) is 1.18. The Hall–Kier alpha value is 0.0349. The Morgan fingerprint density at radius 2 is 1.45 bits per heavy atom. The molecule has 1 aromatic carbocycles.